The van der Waals surface area contributed by atoms with Crippen LogP contribution in [0.3, 0.4) is 0 Å². The minimum Gasteiger partial charge on any atom is -0.299 e. The van der Waals surface area contributed by atoms with Crippen LogP contribution >= 0.6 is 11.3 Å². The van der Waals surface area contributed by atoms with Crippen LogP contribution in [-0.4, -0.2) is 5.78 Å². The van der Waals surface area contributed by atoms with Gasteiger partial charge in [-0.15, -0.1) is 11.3 Å². The van der Waals surface area contributed by atoms with Crippen molar-refractivity contribution in [2.45, 2.75) is 46.0 Å². The summed E-state index contributed by atoms with van der Waals surface area (Å²) in [6.07, 6.45) is 5.20. The summed E-state index contributed by atoms with van der Waals surface area (Å²) in [6, 6.07) is 4.28. The fraction of sp³-hybridized carbons (Fsp3) is 0.667. The second kappa shape index (κ2) is 5.81. The molecule has 1 aromatic heterocycles. The number of hydrogen-bond donors (Lipinski definition) is 0. The van der Waals surface area contributed by atoms with Crippen LogP contribution < -0.4 is 0 Å². The standard InChI is InChI=1S/C15H22OS/c1-11(2)12-6-8-15(16)13(10-12)5-7-14-4-3-9-17-14/h3-4,9,11-13H,5-8,10H2,1-2H3. The number of carbonyl (C=O) groups excluding carboxylic acids is 1. The number of thiophene rings is 1. The Hall–Kier alpha value is -0.630. The highest BCUT2D eigenvalue weighted by atomic mass is 32.1. The molecule has 0 aliphatic heterocycles. The third kappa shape index (κ3) is 3.41. The second-order valence-electron chi connectivity index (χ2n) is 5.56. The average Bonchev–Trinajstić information content (AvgIpc) is 2.80. The molecule has 94 valence electrons. The maximum atomic E-state index is 11.9. The molecule has 0 aromatic carbocycles. The fourth-order valence-corrected chi connectivity index (χ4v) is 3.53. The number of carbonyl (C=O) groups is 1. The molecule has 1 nitrogen and oxygen atoms in total. The molecule has 2 unspecified atom stereocenters. The van der Waals surface area contributed by atoms with E-state index in [1.807, 2.05) is 11.3 Å². The minimum atomic E-state index is 0.332. The molecule has 17 heavy (non-hydrogen) atoms. The van der Waals surface area contributed by atoms with Crippen LogP contribution in [0.25, 0.3) is 0 Å². The van der Waals surface area contributed by atoms with Gasteiger partial charge >= 0.3 is 0 Å². The Kier molecular flexibility index (Phi) is 4.38. The highest BCUT2D eigenvalue weighted by Crippen LogP contribution is 2.34. The van der Waals surface area contributed by atoms with E-state index < -0.39 is 0 Å². The molecule has 2 atom stereocenters. The zero-order valence-electron chi connectivity index (χ0n) is 10.8. The maximum Gasteiger partial charge on any atom is 0.136 e. The van der Waals surface area contributed by atoms with E-state index in [0.29, 0.717) is 11.7 Å². The predicted molar refractivity (Wildman–Crippen MR) is 73.3 cm³/mol. The Morgan fingerprint density at radius 1 is 1.47 bits per heavy atom. The lowest BCUT2D eigenvalue weighted by molar-refractivity contribution is -0.126. The van der Waals surface area contributed by atoms with Crippen molar-refractivity contribution in [3.63, 3.8) is 0 Å². The van der Waals surface area contributed by atoms with E-state index in [1.165, 1.54) is 4.88 Å². The van der Waals surface area contributed by atoms with Crippen molar-refractivity contribution in [2.24, 2.45) is 17.8 Å². The molecule has 0 radical (unpaired) electrons. The second-order valence-corrected chi connectivity index (χ2v) is 6.59. The van der Waals surface area contributed by atoms with Gasteiger partial charge in [0, 0.05) is 17.2 Å². The van der Waals surface area contributed by atoms with Crippen molar-refractivity contribution in [2.75, 3.05) is 0 Å². The third-order valence-electron chi connectivity index (χ3n) is 4.07. The van der Waals surface area contributed by atoms with Gasteiger partial charge in [-0.05, 0) is 49.0 Å². The summed E-state index contributed by atoms with van der Waals surface area (Å²) in [4.78, 5) is 13.3. The summed E-state index contributed by atoms with van der Waals surface area (Å²) in [6.45, 7) is 4.58. The predicted octanol–water partition coefficient (Wildman–Crippen LogP) is 4.32. The molecule has 1 heterocycles. The molecule has 2 rings (SSSR count). The van der Waals surface area contributed by atoms with Gasteiger partial charge in [-0.2, -0.15) is 0 Å². The molecule has 1 fully saturated rings. The van der Waals surface area contributed by atoms with Crippen LogP contribution in [-0.2, 0) is 11.2 Å². The molecule has 0 bridgehead atoms. The van der Waals surface area contributed by atoms with Gasteiger partial charge in [-0.1, -0.05) is 19.9 Å². The van der Waals surface area contributed by atoms with Gasteiger partial charge in [0.2, 0.25) is 0 Å². The van der Waals surface area contributed by atoms with Crippen molar-refractivity contribution in [1.29, 1.82) is 0 Å². The van der Waals surface area contributed by atoms with Crippen molar-refractivity contribution in [3.05, 3.63) is 22.4 Å². The first-order chi connectivity index (χ1) is 8.16. The Balaban J connectivity index is 1.87. The Labute approximate surface area is 108 Å². The van der Waals surface area contributed by atoms with Crippen LogP contribution in [0.2, 0.25) is 0 Å². The molecular formula is C15H22OS. The van der Waals surface area contributed by atoms with Crippen molar-refractivity contribution in [1.82, 2.24) is 0 Å². The fourth-order valence-electron chi connectivity index (χ4n) is 2.80. The van der Waals surface area contributed by atoms with Crippen LogP contribution in [0.15, 0.2) is 17.5 Å². The van der Waals surface area contributed by atoms with Gasteiger partial charge in [-0.3, -0.25) is 4.79 Å². The van der Waals surface area contributed by atoms with Crippen molar-refractivity contribution >= 4 is 17.1 Å². The first-order valence-corrected chi connectivity index (χ1v) is 7.60. The molecule has 1 aromatic rings. The van der Waals surface area contributed by atoms with Gasteiger partial charge in [0.05, 0.1) is 0 Å². The topological polar surface area (TPSA) is 17.1 Å². The van der Waals surface area contributed by atoms with Gasteiger partial charge in [-0.25, -0.2) is 0 Å². The van der Waals surface area contributed by atoms with Crippen LogP contribution in [0.5, 0.6) is 0 Å². The maximum absolute atomic E-state index is 11.9. The van der Waals surface area contributed by atoms with Crippen molar-refractivity contribution < 1.29 is 4.79 Å². The number of ketones is 1. The lowest BCUT2D eigenvalue weighted by Gasteiger charge is -2.30. The minimum absolute atomic E-state index is 0.332. The zero-order chi connectivity index (χ0) is 12.3. The molecule has 0 amide bonds. The zero-order valence-corrected chi connectivity index (χ0v) is 11.6. The quantitative estimate of drug-likeness (QED) is 0.777. The number of Topliss-reactive ketones (excluding diaryl/α,β-unsaturated/α-hetero) is 1. The molecule has 1 aliphatic rings. The monoisotopic (exact) mass is 250 g/mol. The summed E-state index contributed by atoms with van der Waals surface area (Å²) in [5.74, 6) is 2.34. The summed E-state index contributed by atoms with van der Waals surface area (Å²) < 4.78 is 0. The van der Waals surface area contributed by atoms with Crippen LogP contribution in [0.4, 0.5) is 0 Å². The smallest absolute Gasteiger partial charge is 0.136 e. The number of aryl methyl sites for hydroxylation is 1. The van der Waals surface area contributed by atoms with Gasteiger partial charge in [0.25, 0.3) is 0 Å². The van der Waals surface area contributed by atoms with Gasteiger partial charge < -0.3 is 0 Å². The first kappa shape index (κ1) is 12.8. The molecular weight excluding hydrogens is 228 g/mol. The summed E-state index contributed by atoms with van der Waals surface area (Å²) in [5, 5.41) is 2.12. The summed E-state index contributed by atoms with van der Waals surface area (Å²) >= 11 is 1.81. The molecule has 1 aliphatic carbocycles. The molecule has 0 spiro atoms. The molecule has 2 heteroatoms. The molecule has 0 saturated heterocycles. The third-order valence-corrected chi connectivity index (χ3v) is 5.00. The van der Waals surface area contributed by atoms with E-state index in [-0.39, 0.29) is 0 Å². The normalized spacial score (nSPS) is 25.5. The first-order valence-electron chi connectivity index (χ1n) is 6.72. The van der Waals surface area contributed by atoms with E-state index in [4.69, 9.17) is 0 Å². The lowest BCUT2D eigenvalue weighted by atomic mass is 9.74. The van der Waals surface area contributed by atoms with E-state index in [2.05, 4.69) is 31.4 Å². The molecule has 0 N–H and O–H groups in total. The Morgan fingerprint density at radius 2 is 2.29 bits per heavy atom. The van der Waals surface area contributed by atoms with E-state index in [0.717, 1.165) is 43.9 Å². The highest BCUT2D eigenvalue weighted by molar-refractivity contribution is 7.09. The largest absolute Gasteiger partial charge is 0.299 e. The number of hydrogen-bond acceptors (Lipinski definition) is 2. The summed E-state index contributed by atoms with van der Waals surface area (Å²) in [7, 11) is 0. The summed E-state index contributed by atoms with van der Waals surface area (Å²) in [5.41, 5.74) is 0. The van der Waals surface area contributed by atoms with Gasteiger partial charge in [0.15, 0.2) is 0 Å². The van der Waals surface area contributed by atoms with E-state index >= 15 is 0 Å². The SMILES string of the molecule is CC(C)C1CCC(=O)C(CCc2cccs2)C1. The van der Waals surface area contributed by atoms with E-state index in [1.54, 1.807) is 0 Å². The van der Waals surface area contributed by atoms with Crippen LogP contribution in [0.1, 0.15) is 44.4 Å². The Morgan fingerprint density at radius 3 is 2.94 bits per heavy atom. The Bertz CT molecular complexity index is 353. The van der Waals surface area contributed by atoms with Gasteiger partial charge in [0.1, 0.15) is 5.78 Å². The average molecular weight is 250 g/mol. The van der Waals surface area contributed by atoms with Crippen molar-refractivity contribution in [3.8, 4) is 0 Å². The van der Waals surface area contributed by atoms with Crippen LogP contribution in [0, 0.1) is 17.8 Å². The number of rotatable bonds is 4. The lowest BCUT2D eigenvalue weighted by Crippen LogP contribution is -2.27. The van der Waals surface area contributed by atoms with E-state index in [9.17, 15) is 4.79 Å². The molecule has 1 saturated carbocycles. The highest BCUT2D eigenvalue weighted by Gasteiger charge is 2.29.